The molecule has 1 heterocycles. The molecule has 0 atom stereocenters. The van der Waals surface area contributed by atoms with Crippen molar-refractivity contribution in [2.75, 3.05) is 0 Å². The number of aromatic nitrogens is 2. The van der Waals surface area contributed by atoms with Crippen molar-refractivity contribution in [2.24, 2.45) is 5.73 Å². The zero-order valence-electron chi connectivity index (χ0n) is 11.3. The van der Waals surface area contributed by atoms with Gasteiger partial charge in [-0.2, -0.15) is 0 Å². The average molecular weight is 283 g/mol. The molecule has 3 aromatic rings. The molecule has 0 fully saturated rings. The second kappa shape index (κ2) is 5.46. The fourth-order valence-electron chi connectivity index (χ4n) is 2.34. The van der Waals surface area contributed by atoms with Crippen LogP contribution in [0, 0.1) is 5.82 Å². The van der Waals surface area contributed by atoms with Crippen molar-refractivity contribution in [3.05, 3.63) is 76.1 Å². The van der Waals surface area contributed by atoms with Gasteiger partial charge in [-0.15, -0.1) is 0 Å². The molecule has 4 nitrogen and oxygen atoms in total. The summed E-state index contributed by atoms with van der Waals surface area (Å²) >= 11 is 0. The van der Waals surface area contributed by atoms with E-state index in [0.29, 0.717) is 23.0 Å². The highest BCUT2D eigenvalue weighted by molar-refractivity contribution is 5.76. The fourth-order valence-corrected chi connectivity index (χ4v) is 2.34. The highest BCUT2D eigenvalue weighted by Crippen LogP contribution is 2.12. The summed E-state index contributed by atoms with van der Waals surface area (Å²) < 4.78 is 14.7. The van der Waals surface area contributed by atoms with Crippen LogP contribution in [0.15, 0.2) is 53.6 Å². The van der Waals surface area contributed by atoms with E-state index < -0.39 is 0 Å². The molecular weight excluding hydrogens is 269 g/mol. The second-order valence-corrected chi connectivity index (χ2v) is 4.81. The molecular formula is C16H14FN3O. The Labute approximate surface area is 120 Å². The van der Waals surface area contributed by atoms with Gasteiger partial charge in [-0.3, -0.25) is 9.36 Å². The third-order valence-corrected chi connectivity index (χ3v) is 3.46. The minimum Gasteiger partial charge on any atom is -0.326 e. The third kappa shape index (κ3) is 2.55. The Morgan fingerprint density at radius 2 is 1.95 bits per heavy atom. The number of halogens is 1. The summed E-state index contributed by atoms with van der Waals surface area (Å²) in [5.41, 5.74) is 7.69. The molecule has 0 spiro atoms. The van der Waals surface area contributed by atoms with Crippen molar-refractivity contribution in [2.45, 2.75) is 13.1 Å². The number of nitrogens with zero attached hydrogens (tertiary/aromatic N) is 2. The summed E-state index contributed by atoms with van der Waals surface area (Å²) in [4.78, 5) is 16.7. The summed E-state index contributed by atoms with van der Waals surface area (Å²) in [5, 5.41) is 0.566. The molecule has 0 aliphatic rings. The lowest BCUT2D eigenvalue weighted by atomic mass is 10.1. The smallest absolute Gasteiger partial charge is 0.261 e. The Morgan fingerprint density at radius 3 is 2.76 bits per heavy atom. The van der Waals surface area contributed by atoms with E-state index in [1.807, 2.05) is 6.07 Å². The van der Waals surface area contributed by atoms with Crippen LogP contribution >= 0.6 is 0 Å². The number of hydrogen-bond donors (Lipinski definition) is 1. The van der Waals surface area contributed by atoms with Gasteiger partial charge in [-0.05, 0) is 35.4 Å². The maximum atomic E-state index is 13.2. The largest absolute Gasteiger partial charge is 0.326 e. The Balaban J connectivity index is 2.06. The van der Waals surface area contributed by atoms with Crippen molar-refractivity contribution >= 4 is 10.9 Å². The number of hydrogen-bond acceptors (Lipinski definition) is 3. The van der Waals surface area contributed by atoms with E-state index in [1.165, 1.54) is 23.0 Å². The SMILES string of the molecule is NCc1cc(F)ccc1Cn1cnc2ccccc2c1=O. The van der Waals surface area contributed by atoms with Gasteiger partial charge >= 0.3 is 0 Å². The molecule has 0 unspecified atom stereocenters. The van der Waals surface area contributed by atoms with Gasteiger partial charge in [0, 0.05) is 6.54 Å². The molecule has 0 radical (unpaired) electrons. The molecule has 2 N–H and O–H groups in total. The minimum atomic E-state index is -0.330. The first kappa shape index (κ1) is 13.5. The summed E-state index contributed by atoms with van der Waals surface area (Å²) in [7, 11) is 0. The molecule has 0 saturated carbocycles. The van der Waals surface area contributed by atoms with E-state index in [1.54, 1.807) is 24.3 Å². The molecule has 0 saturated heterocycles. The van der Waals surface area contributed by atoms with E-state index in [9.17, 15) is 9.18 Å². The Hall–Kier alpha value is -2.53. The molecule has 0 bridgehead atoms. The van der Waals surface area contributed by atoms with E-state index in [2.05, 4.69) is 4.98 Å². The summed E-state index contributed by atoms with van der Waals surface area (Å²) in [6.45, 7) is 0.548. The van der Waals surface area contributed by atoms with Gasteiger partial charge in [0.25, 0.3) is 5.56 Å². The number of rotatable bonds is 3. The molecule has 21 heavy (non-hydrogen) atoms. The quantitative estimate of drug-likeness (QED) is 0.800. The third-order valence-electron chi connectivity index (χ3n) is 3.46. The van der Waals surface area contributed by atoms with Crippen molar-refractivity contribution in [3.63, 3.8) is 0 Å². The molecule has 5 heteroatoms. The van der Waals surface area contributed by atoms with Gasteiger partial charge in [0.1, 0.15) is 5.82 Å². The first-order valence-corrected chi connectivity index (χ1v) is 6.60. The van der Waals surface area contributed by atoms with Crippen LogP contribution in [0.3, 0.4) is 0 Å². The molecule has 1 aromatic heterocycles. The van der Waals surface area contributed by atoms with Crippen LogP contribution in [0.25, 0.3) is 10.9 Å². The summed E-state index contributed by atoms with van der Waals surface area (Å²) in [6, 6.07) is 11.6. The highest BCUT2D eigenvalue weighted by atomic mass is 19.1. The lowest BCUT2D eigenvalue weighted by molar-refractivity contribution is 0.622. The van der Waals surface area contributed by atoms with Crippen LogP contribution in [-0.4, -0.2) is 9.55 Å². The van der Waals surface area contributed by atoms with Crippen molar-refractivity contribution in [3.8, 4) is 0 Å². The zero-order chi connectivity index (χ0) is 14.8. The predicted molar refractivity (Wildman–Crippen MR) is 79.4 cm³/mol. The minimum absolute atomic E-state index is 0.118. The van der Waals surface area contributed by atoms with Crippen LogP contribution in [0.1, 0.15) is 11.1 Å². The van der Waals surface area contributed by atoms with Crippen molar-refractivity contribution in [1.82, 2.24) is 9.55 Å². The van der Waals surface area contributed by atoms with Gasteiger partial charge in [0.2, 0.25) is 0 Å². The van der Waals surface area contributed by atoms with Gasteiger partial charge in [0.15, 0.2) is 0 Å². The highest BCUT2D eigenvalue weighted by Gasteiger charge is 2.07. The number of nitrogens with two attached hydrogens (primary N) is 1. The molecule has 2 aromatic carbocycles. The van der Waals surface area contributed by atoms with Gasteiger partial charge in [-0.1, -0.05) is 18.2 Å². The lowest BCUT2D eigenvalue weighted by Crippen LogP contribution is -2.22. The van der Waals surface area contributed by atoms with Crippen LogP contribution in [0.5, 0.6) is 0 Å². The van der Waals surface area contributed by atoms with Crippen molar-refractivity contribution in [1.29, 1.82) is 0 Å². The van der Waals surface area contributed by atoms with Gasteiger partial charge in [-0.25, -0.2) is 9.37 Å². The average Bonchev–Trinajstić information content (AvgIpc) is 2.51. The summed E-state index contributed by atoms with van der Waals surface area (Å²) in [6.07, 6.45) is 1.51. The fraction of sp³-hybridized carbons (Fsp3) is 0.125. The molecule has 0 aliphatic carbocycles. The molecule has 0 aliphatic heterocycles. The topological polar surface area (TPSA) is 60.9 Å². The second-order valence-electron chi connectivity index (χ2n) is 4.81. The Kier molecular flexibility index (Phi) is 3.50. The van der Waals surface area contributed by atoms with E-state index in [-0.39, 0.29) is 17.9 Å². The maximum Gasteiger partial charge on any atom is 0.261 e. The number of benzene rings is 2. The normalized spacial score (nSPS) is 11.0. The van der Waals surface area contributed by atoms with Gasteiger partial charge < -0.3 is 5.73 Å². The zero-order valence-corrected chi connectivity index (χ0v) is 11.3. The van der Waals surface area contributed by atoms with E-state index >= 15 is 0 Å². The van der Waals surface area contributed by atoms with Crippen LogP contribution in [0.2, 0.25) is 0 Å². The Morgan fingerprint density at radius 1 is 1.14 bits per heavy atom. The molecule has 3 rings (SSSR count). The molecule has 0 amide bonds. The predicted octanol–water partition coefficient (Wildman–Crippen LogP) is 2.04. The van der Waals surface area contributed by atoms with E-state index in [4.69, 9.17) is 5.73 Å². The van der Waals surface area contributed by atoms with Crippen molar-refractivity contribution < 1.29 is 4.39 Å². The standard InChI is InChI=1S/C16H14FN3O/c17-13-6-5-11(12(7-13)8-18)9-20-10-19-15-4-2-1-3-14(15)16(20)21/h1-7,10H,8-9,18H2. The maximum absolute atomic E-state index is 13.2. The van der Waals surface area contributed by atoms with E-state index in [0.717, 1.165) is 5.56 Å². The first-order chi connectivity index (χ1) is 10.2. The lowest BCUT2D eigenvalue weighted by Gasteiger charge is -2.10. The molecule has 106 valence electrons. The number of fused-ring (bicyclic) bond motifs is 1. The summed E-state index contributed by atoms with van der Waals surface area (Å²) in [5.74, 6) is -0.330. The number of para-hydroxylation sites is 1. The Bertz CT molecular complexity index is 858. The van der Waals surface area contributed by atoms with Crippen LogP contribution in [-0.2, 0) is 13.1 Å². The van der Waals surface area contributed by atoms with Gasteiger partial charge in [0.05, 0.1) is 23.8 Å². The van der Waals surface area contributed by atoms with Crippen LogP contribution < -0.4 is 11.3 Å². The van der Waals surface area contributed by atoms with Crippen LogP contribution in [0.4, 0.5) is 4.39 Å². The first-order valence-electron chi connectivity index (χ1n) is 6.60. The monoisotopic (exact) mass is 283 g/mol.